The van der Waals surface area contributed by atoms with Crippen molar-refractivity contribution in [3.8, 4) is 5.75 Å². The van der Waals surface area contributed by atoms with E-state index in [1.165, 1.54) is 32.1 Å². The molecule has 3 nitrogen and oxygen atoms in total. The molecule has 2 rings (SSSR count). The first-order chi connectivity index (χ1) is 9.61. The lowest BCUT2D eigenvalue weighted by molar-refractivity contribution is 0.316. The molecule has 0 bridgehead atoms. The van der Waals surface area contributed by atoms with Crippen molar-refractivity contribution in [1.29, 1.82) is 0 Å². The Balaban J connectivity index is 1.98. The third-order valence-corrected chi connectivity index (χ3v) is 4.57. The van der Waals surface area contributed by atoms with Crippen LogP contribution in [0, 0.1) is 19.8 Å². The van der Waals surface area contributed by atoms with Crippen molar-refractivity contribution in [2.45, 2.75) is 64.8 Å². The van der Waals surface area contributed by atoms with Gasteiger partial charge in [0.15, 0.2) is 0 Å². The summed E-state index contributed by atoms with van der Waals surface area (Å²) in [5, 5.41) is 0. The molecule has 0 spiro atoms. The lowest BCUT2D eigenvalue weighted by Gasteiger charge is -2.25. The number of methoxy groups -OCH3 is 1. The summed E-state index contributed by atoms with van der Waals surface area (Å²) in [5.41, 5.74) is 9.68. The van der Waals surface area contributed by atoms with Crippen molar-refractivity contribution in [3.63, 3.8) is 0 Å². The van der Waals surface area contributed by atoms with E-state index in [1.807, 2.05) is 13.1 Å². The van der Waals surface area contributed by atoms with E-state index in [-0.39, 0.29) is 6.04 Å². The Morgan fingerprint density at radius 1 is 1.30 bits per heavy atom. The number of ether oxygens (including phenoxy) is 1. The maximum absolute atomic E-state index is 6.35. The van der Waals surface area contributed by atoms with Crippen LogP contribution in [-0.4, -0.2) is 18.1 Å². The number of nitrogens with zero attached hydrogens (tertiary/aromatic N) is 1. The average Bonchev–Trinajstić information content (AvgIpc) is 2.44. The van der Waals surface area contributed by atoms with Crippen LogP contribution in [0.1, 0.15) is 55.3 Å². The molecule has 1 fully saturated rings. The molecule has 0 amide bonds. The first-order valence-corrected chi connectivity index (χ1v) is 7.86. The largest absolute Gasteiger partial charge is 0.496 e. The molecule has 1 aliphatic carbocycles. The highest BCUT2D eigenvalue weighted by Crippen LogP contribution is 2.29. The van der Waals surface area contributed by atoms with Gasteiger partial charge in [-0.25, -0.2) is 0 Å². The maximum atomic E-state index is 6.35. The Morgan fingerprint density at radius 3 is 2.65 bits per heavy atom. The zero-order chi connectivity index (χ0) is 14.5. The molecule has 0 aliphatic heterocycles. The van der Waals surface area contributed by atoms with Gasteiger partial charge in [-0.3, -0.25) is 4.98 Å². The van der Waals surface area contributed by atoms with Gasteiger partial charge in [0.05, 0.1) is 7.11 Å². The number of pyridine rings is 1. The molecular formula is C17H28N2O. The number of hydrogen-bond acceptors (Lipinski definition) is 3. The summed E-state index contributed by atoms with van der Waals surface area (Å²) in [5.74, 6) is 1.78. The minimum absolute atomic E-state index is 0.219. The molecule has 1 aliphatic rings. The second kappa shape index (κ2) is 7.07. The van der Waals surface area contributed by atoms with Gasteiger partial charge in [-0.05, 0) is 26.2 Å². The molecule has 20 heavy (non-hydrogen) atoms. The normalized spacial score (nSPS) is 18.0. The van der Waals surface area contributed by atoms with Gasteiger partial charge in [-0.1, -0.05) is 32.1 Å². The summed E-state index contributed by atoms with van der Waals surface area (Å²) in [7, 11) is 1.72. The van der Waals surface area contributed by atoms with Crippen molar-refractivity contribution in [3.05, 3.63) is 23.0 Å². The number of rotatable bonds is 5. The molecule has 0 aromatic carbocycles. The predicted molar refractivity (Wildman–Crippen MR) is 83.1 cm³/mol. The van der Waals surface area contributed by atoms with E-state index in [4.69, 9.17) is 10.5 Å². The van der Waals surface area contributed by atoms with Gasteiger partial charge in [-0.2, -0.15) is 0 Å². The average molecular weight is 276 g/mol. The summed E-state index contributed by atoms with van der Waals surface area (Å²) in [6.45, 7) is 4.12. The SMILES string of the molecule is COc1c(C)cnc(CC(N)CC2CCCCC2)c1C. The topological polar surface area (TPSA) is 48.1 Å². The van der Waals surface area contributed by atoms with E-state index in [0.29, 0.717) is 0 Å². The molecule has 3 heteroatoms. The molecule has 1 atom stereocenters. The molecule has 112 valence electrons. The van der Waals surface area contributed by atoms with E-state index >= 15 is 0 Å². The van der Waals surface area contributed by atoms with Crippen molar-refractivity contribution < 1.29 is 4.74 Å². The van der Waals surface area contributed by atoms with Crippen LogP contribution in [-0.2, 0) is 6.42 Å². The monoisotopic (exact) mass is 276 g/mol. The second-order valence-corrected chi connectivity index (χ2v) is 6.25. The van der Waals surface area contributed by atoms with Crippen LogP contribution in [0.2, 0.25) is 0 Å². The lowest BCUT2D eigenvalue weighted by Crippen LogP contribution is -2.27. The summed E-state index contributed by atoms with van der Waals surface area (Å²) < 4.78 is 5.47. The number of hydrogen-bond donors (Lipinski definition) is 1. The maximum Gasteiger partial charge on any atom is 0.128 e. The Bertz CT molecular complexity index is 439. The minimum Gasteiger partial charge on any atom is -0.496 e. The van der Waals surface area contributed by atoms with E-state index in [1.54, 1.807) is 7.11 Å². The summed E-state index contributed by atoms with van der Waals surface area (Å²) in [4.78, 5) is 4.56. The summed E-state index contributed by atoms with van der Waals surface area (Å²) >= 11 is 0. The Morgan fingerprint density at radius 2 is 2.00 bits per heavy atom. The van der Waals surface area contributed by atoms with Crippen LogP contribution in [0.5, 0.6) is 5.75 Å². The minimum atomic E-state index is 0.219. The highest BCUT2D eigenvalue weighted by atomic mass is 16.5. The third kappa shape index (κ3) is 3.72. The van der Waals surface area contributed by atoms with E-state index in [9.17, 15) is 0 Å². The van der Waals surface area contributed by atoms with Crippen molar-refractivity contribution in [1.82, 2.24) is 4.98 Å². The van der Waals surface area contributed by atoms with Gasteiger partial charge in [0.2, 0.25) is 0 Å². The zero-order valence-electron chi connectivity index (χ0n) is 13.1. The van der Waals surface area contributed by atoms with Crippen molar-refractivity contribution in [2.24, 2.45) is 11.7 Å². The fraction of sp³-hybridized carbons (Fsp3) is 0.706. The molecule has 1 unspecified atom stereocenters. The molecule has 1 saturated carbocycles. The molecule has 1 heterocycles. The van der Waals surface area contributed by atoms with Gasteiger partial charge in [-0.15, -0.1) is 0 Å². The first kappa shape index (κ1) is 15.3. The molecule has 0 saturated heterocycles. The molecule has 2 N–H and O–H groups in total. The molecule has 0 radical (unpaired) electrons. The van der Waals surface area contributed by atoms with Gasteiger partial charge in [0, 0.05) is 35.5 Å². The quantitative estimate of drug-likeness (QED) is 0.894. The molecule has 1 aromatic rings. The Hall–Kier alpha value is -1.09. The number of aromatic nitrogens is 1. The van der Waals surface area contributed by atoms with E-state index in [2.05, 4.69) is 11.9 Å². The highest BCUT2D eigenvalue weighted by Gasteiger charge is 2.18. The number of nitrogens with two attached hydrogens (primary N) is 1. The highest BCUT2D eigenvalue weighted by molar-refractivity contribution is 5.41. The Kier molecular flexibility index (Phi) is 5.41. The van der Waals surface area contributed by atoms with Crippen molar-refractivity contribution in [2.75, 3.05) is 7.11 Å². The van der Waals surface area contributed by atoms with Crippen LogP contribution in [0.25, 0.3) is 0 Å². The van der Waals surface area contributed by atoms with E-state index in [0.717, 1.165) is 41.3 Å². The molecular weight excluding hydrogens is 248 g/mol. The predicted octanol–water partition coefficient (Wildman–Crippen LogP) is 3.55. The lowest BCUT2D eigenvalue weighted by atomic mass is 9.84. The number of aryl methyl sites for hydroxylation is 1. The van der Waals surface area contributed by atoms with E-state index < -0.39 is 0 Å². The fourth-order valence-corrected chi connectivity index (χ4v) is 3.46. The molecule has 1 aromatic heterocycles. The fourth-order valence-electron chi connectivity index (χ4n) is 3.46. The van der Waals surface area contributed by atoms with Gasteiger partial charge in [0.1, 0.15) is 5.75 Å². The smallest absolute Gasteiger partial charge is 0.128 e. The van der Waals surface area contributed by atoms with Crippen LogP contribution in [0.4, 0.5) is 0 Å². The van der Waals surface area contributed by atoms with Crippen LogP contribution >= 0.6 is 0 Å². The summed E-state index contributed by atoms with van der Waals surface area (Å²) in [6, 6.07) is 0.219. The van der Waals surface area contributed by atoms with Gasteiger partial charge in [0.25, 0.3) is 0 Å². The van der Waals surface area contributed by atoms with Crippen molar-refractivity contribution >= 4 is 0 Å². The van der Waals surface area contributed by atoms with Gasteiger partial charge >= 0.3 is 0 Å². The summed E-state index contributed by atoms with van der Waals surface area (Å²) in [6.07, 6.45) is 10.8. The van der Waals surface area contributed by atoms with Gasteiger partial charge < -0.3 is 10.5 Å². The Labute approximate surface area is 122 Å². The first-order valence-electron chi connectivity index (χ1n) is 7.86. The van der Waals surface area contributed by atoms with Crippen LogP contribution in [0.15, 0.2) is 6.20 Å². The third-order valence-electron chi connectivity index (χ3n) is 4.57. The standard InChI is InChI=1S/C17H28N2O/c1-12-11-19-16(13(2)17(12)20-3)10-15(18)9-14-7-5-4-6-8-14/h11,14-15H,4-10,18H2,1-3H3. The zero-order valence-corrected chi connectivity index (χ0v) is 13.1. The van der Waals surface area contributed by atoms with Crippen LogP contribution in [0.3, 0.4) is 0 Å². The second-order valence-electron chi connectivity index (χ2n) is 6.25. The van der Waals surface area contributed by atoms with Crippen LogP contribution < -0.4 is 10.5 Å².